The minimum absolute atomic E-state index is 0.0575. The van der Waals surface area contributed by atoms with E-state index in [4.69, 9.17) is 21.3 Å². The molecule has 1 amide bonds. The van der Waals surface area contributed by atoms with Crippen molar-refractivity contribution in [3.63, 3.8) is 0 Å². The largest absolute Gasteiger partial charge is 0.455 e. The topological polar surface area (TPSA) is 67.4 Å². The fraction of sp³-hybridized carbons (Fsp3) is 0.160. The molecule has 33 heavy (non-hydrogen) atoms. The first kappa shape index (κ1) is 21.4. The second kappa shape index (κ2) is 9.60. The number of carbonyl (C=O) groups is 1. The van der Waals surface area contributed by atoms with Gasteiger partial charge >= 0.3 is 0 Å². The van der Waals surface area contributed by atoms with Crippen molar-refractivity contribution in [2.75, 3.05) is 4.90 Å². The van der Waals surface area contributed by atoms with Gasteiger partial charge < -0.3 is 15.0 Å². The van der Waals surface area contributed by atoms with Gasteiger partial charge in [-0.2, -0.15) is 0 Å². The van der Waals surface area contributed by atoms with Gasteiger partial charge in [-0.05, 0) is 42.0 Å². The van der Waals surface area contributed by atoms with Gasteiger partial charge in [0.05, 0.1) is 24.3 Å². The second-order valence-corrected chi connectivity index (χ2v) is 9.10. The van der Waals surface area contributed by atoms with Crippen LogP contribution in [-0.4, -0.2) is 15.9 Å². The van der Waals surface area contributed by atoms with Gasteiger partial charge in [0, 0.05) is 41.4 Å². The van der Waals surface area contributed by atoms with Crippen LogP contribution >= 0.6 is 22.9 Å². The highest BCUT2D eigenvalue weighted by atomic mass is 35.5. The molecule has 0 unspecified atom stereocenters. The molecule has 5 rings (SSSR count). The molecule has 166 valence electrons. The summed E-state index contributed by atoms with van der Waals surface area (Å²) in [5.41, 5.74) is 3.79. The normalized spacial score (nSPS) is 12.3. The van der Waals surface area contributed by atoms with Gasteiger partial charge in [0.2, 0.25) is 5.91 Å². The average molecular weight is 477 g/mol. The van der Waals surface area contributed by atoms with E-state index in [0.29, 0.717) is 24.7 Å². The number of rotatable bonds is 6. The summed E-state index contributed by atoms with van der Waals surface area (Å²) in [6, 6.07) is 17.4. The summed E-state index contributed by atoms with van der Waals surface area (Å²) in [5.74, 6) is 1.55. The Morgan fingerprint density at radius 2 is 1.97 bits per heavy atom. The molecule has 0 bridgehead atoms. The van der Waals surface area contributed by atoms with Crippen molar-refractivity contribution in [1.29, 1.82) is 0 Å². The van der Waals surface area contributed by atoms with E-state index in [-0.39, 0.29) is 12.3 Å². The Balaban J connectivity index is 1.29. The summed E-state index contributed by atoms with van der Waals surface area (Å²) in [6.45, 7) is 1.74. The van der Waals surface area contributed by atoms with E-state index < -0.39 is 0 Å². The number of pyridine rings is 1. The number of benzene rings is 2. The van der Waals surface area contributed by atoms with Gasteiger partial charge in [0.25, 0.3) is 0 Å². The third-order valence-electron chi connectivity index (χ3n) is 5.32. The Morgan fingerprint density at radius 3 is 2.85 bits per heavy atom. The quantitative estimate of drug-likeness (QED) is 0.405. The summed E-state index contributed by atoms with van der Waals surface area (Å²) in [4.78, 5) is 23.3. The van der Waals surface area contributed by atoms with E-state index >= 15 is 0 Å². The number of halogens is 1. The molecule has 1 aliphatic rings. The first-order valence-corrected chi connectivity index (χ1v) is 11.8. The Hall–Kier alpha value is -3.42. The SMILES string of the molecule is O=C(Cc1csc(CN2Cc3ccccc3Oc3ccc(Cl)cc32)n1)NCc1ccncc1. The molecule has 0 atom stereocenters. The van der Waals surface area contributed by atoms with Crippen molar-refractivity contribution >= 4 is 34.5 Å². The smallest absolute Gasteiger partial charge is 0.226 e. The maximum absolute atomic E-state index is 12.4. The number of hydrogen-bond donors (Lipinski definition) is 1. The van der Waals surface area contributed by atoms with Crippen LogP contribution in [0.5, 0.6) is 11.5 Å². The van der Waals surface area contributed by atoms with Crippen LogP contribution in [0.2, 0.25) is 5.02 Å². The lowest BCUT2D eigenvalue weighted by molar-refractivity contribution is -0.120. The third-order valence-corrected chi connectivity index (χ3v) is 6.44. The summed E-state index contributed by atoms with van der Waals surface area (Å²) >= 11 is 7.85. The molecule has 0 saturated heterocycles. The summed E-state index contributed by atoms with van der Waals surface area (Å²) in [6.07, 6.45) is 3.67. The van der Waals surface area contributed by atoms with Gasteiger partial charge in [-0.3, -0.25) is 9.78 Å². The number of para-hydroxylation sites is 1. The number of nitrogens with zero attached hydrogens (tertiary/aromatic N) is 3. The van der Waals surface area contributed by atoms with Crippen LogP contribution in [0.1, 0.15) is 21.8 Å². The van der Waals surface area contributed by atoms with Crippen molar-refractivity contribution < 1.29 is 9.53 Å². The van der Waals surface area contributed by atoms with E-state index in [1.165, 1.54) is 0 Å². The van der Waals surface area contributed by atoms with E-state index in [1.54, 1.807) is 23.7 Å². The molecule has 0 spiro atoms. The van der Waals surface area contributed by atoms with Crippen molar-refractivity contribution in [2.24, 2.45) is 0 Å². The molecule has 0 aliphatic carbocycles. The highest BCUT2D eigenvalue weighted by molar-refractivity contribution is 7.09. The van der Waals surface area contributed by atoms with Crippen LogP contribution in [0.15, 0.2) is 72.4 Å². The maximum atomic E-state index is 12.4. The molecule has 1 aliphatic heterocycles. The lowest BCUT2D eigenvalue weighted by atomic mass is 10.2. The fourth-order valence-corrected chi connectivity index (χ4v) is 4.68. The van der Waals surface area contributed by atoms with Crippen molar-refractivity contribution in [3.05, 3.63) is 99.2 Å². The van der Waals surface area contributed by atoms with E-state index in [2.05, 4.69) is 21.3 Å². The number of nitrogens with one attached hydrogen (secondary N) is 1. The average Bonchev–Trinajstić information content (AvgIpc) is 3.20. The molecule has 0 fully saturated rings. The lowest BCUT2D eigenvalue weighted by Crippen LogP contribution is -2.25. The number of amides is 1. The molecule has 6 nitrogen and oxygen atoms in total. The number of hydrogen-bond acceptors (Lipinski definition) is 6. The van der Waals surface area contributed by atoms with Crippen molar-refractivity contribution in [3.8, 4) is 11.5 Å². The predicted molar refractivity (Wildman–Crippen MR) is 130 cm³/mol. The first-order chi connectivity index (χ1) is 16.1. The molecule has 2 aromatic heterocycles. The highest BCUT2D eigenvalue weighted by Crippen LogP contribution is 2.41. The zero-order valence-electron chi connectivity index (χ0n) is 17.7. The Kier molecular flexibility index (Phi) is 6.24. The molecule has 4 aromatic rings. The standard InChI is InChI=1S/C25H21ClN4O2S/c26-19-5-6-23-21(11-19)30(14-18-3-1-2-4-22(18)32-23)15-25-29-20(16-33-25)12-24(31)28-13-17-7-9-27-10-8-17/h1-11,16H,12-15H2,(H,28,31). The summed E-state index contributed by atoms with van der Waals surface area (Å²) < 4.78 is 6.17. The van der Waals surface area contributed by atoms with Crippen LogP contribution in [-0.2, 0) is 30.8 Å². The number of fused-ring (bicyclic) bond motifs is 2. The molecular formula is C25H21ClN4O2S. The van der Waals surface area contributed by atoms with Crippen molar-refractivity contribution in [1.82, 2.24) is 15.3 Å². The molecular weight excluding hydrogens is 456 g/mol. The monoisotopic (exact) mass is 476 g/mol. The third kappa shape index (κ3) is 5.16. The Bertz CT molecular complexity index is 1280. The fourth-order valence-electron chi connectivity index (χ4n) is 3.70. The molecule has 0 radical (unpaired) electrons. The number of ether oxygens (including phenoxy) is 1. The Labute approximate surface area is 200 Å². The zero-order chi connectivity index (χ0) is 22.6. The van der Waals surface area contributed by atoms with Crippen molar-refractivity contribution in [2.45, 2.75) is 26.1 Å². The molecule has 0 saturated carbocycles. The van der Waals surface area contributed by atoms with Gasteiger partial charge in [0.15, 0.2) is 5.75 Å². The van der Waals surface area contributed by atoms with E-state index in [1.807, 2.05) is 53.9 Å². The zero-order valence-corrected chi connectivity index (χ0v) is 19.3. The van der Waals surface area contributed by atoms with Crippen LogP contribution in [0.25, 0.3) is 0 Å². The Morgan fingerprint density at radius 1 is 1.12 bits per heavy atom. The van der Waals surface area contributed by atoms with E-state index in [9.17, 15) is 4.79 Å². The lowest BCUT2D eigenvalue weighted by Gasteiger charge is -2.23. The number of thiazole rings is 1. The number of anilines is 1. The molecule has 8 heteroatoms. The minimum Gasteiger partial charge on any atom is -0.455 e. The summed E-state index contributed by atoms with van der Waals surface area (Å²) in [7, 11) is 0. The van der Waals surface area contributed by atoms with Crippen LogP contribution in [0.3, 0.4) is 0 Å². The number of aromatic nitrogens is 2. The summed E-state index contributed by atoms with van der Waals surface area (Å²) in [5, 5.41) is 6.46. The number of carbonyl (C=O) groups excluding carboxylic acids is 1. The second-order valence-electron chi connectivity index (χ2n) is 7.72. The molecule has 1 N–H and O–H groups in total. The maximum Gasteiger partial charge on any atom is 0.226 e. The minimum atomic E-state index is -0.0575. The first-order valence-electron chi connectivity index (χ1n) is 10.5. The van der Waals surface area contributed by atoms with Crippen LogP contribution in [0, 0.1) is 0 Å². The van der Waals surface area contributed by atoms with E-state index in [0.717, 1.165) is 39.0 Å². The van der Waals surface area contributed by atoms with Crippen LogP contribution in [0.4, 0.5) is 5.69 Å². The molecule has 3 heterocycles. The van der Waals surface area contributed by atoms with Gasteiger partial charge in [-0.25, -0.2) is 4.98 Å². The molecule has 2 aromatic carbocycles. The van der Waals surface area contributed by atoms with Gasteiger partial charge in [0.1, 0.15) is 10.8 Å². The predicted octanol–water partition coefficient (Wildman–Crippen LogP) is 5.36. The highest BCUT2D eigenvalue weighted by Gasteiger charge is 2.22. The van der Waals surface area contributed by atoms with Crippen LogP contribution < -0.4 is 15.0 Å². The van der Waals surface area contributed by atoms with Gasteiger partial charge in [-0.15, -0.1) is 11.3 Å². The van der Waals surface area contributed by atoms with Gasteiger partial charge in [-0.1, -0.05) is 29.8 Å².